The predicted molar refractivity (Wildman–Crippen MR) is 105 cm³/mol. The average Bonchev–Trinajstić information content (AvgIpc) is 2.99. The average molecular weight is 383 g/mol. The van der Waals surface area contributed by atoms with Gasteiger partial charge in [0.1, 0.15) is 0 Å². The summed E-state index contributed by atoms with van der Waals surface area (Å²) in [5, 5.41) is 3.25. The minimum absolute atomic E-state index is 0.231. The first-order valence-corrected chi connectivity index (χ1v) is 8.80. The molecular formula is C19H17N3O4S. The molecule has 1 aliphatic heterocycles. The fourth-order valence-electron chi connectivity index (χ4n) is 2.30. The Bertz CT molecular complexity index is 926. The van der Waals surface area contributed by atoms with E-state index in [0.29, 0.717) is 27.1 Å². The van der Waals surface area contributed by atoms with Crippen LogP contribution in [-0.2, 0) is 9.59 Å². The predicted octanol–water partition coefficient (Wildman–Crippen LogP) is 2.45. The van der Waals surface area contributed by atoms with Crippen LogP contribution in [0.1, 0.15) is 5.56 Å². The van der Waals surface area contributed by atoms with Gasteiger partial charge in [0, 0.05) is 0 Å². The summed E-state index contributed by atoms with van der Waals surface area (Å²) in [6.07, 6.45) is 1.71. The van der Waals surface area contributed by atoms with E-state index in [2.05, 4.69) is 10.3 Å². The minimum Gasteiger partial charge on any atom is -0.493 e. The molecule has 0 aliphatic carbocycles. The van der Waals surface area contributed by atoms with Crippen molar-refractivity contribution in [3.05, 3.63) is 59.0 Å². The van der Waals surface area contributed by atoms with E-state index in [9.17, 15) is 9.59 Å². The van der Waals surface area contributed by atoms with E-state index < -0.39 is 5.91 Å². The molecule has 0 spiro atoms. The third-order valence-corrected chi connectivity index (χ3v) is 4.40. The number of aliphatic imine (C=N–C) groups is 1. The van der Waals surface area contributed by atoms with Crippen molar-refractivity contribution >= 4 is 40.5 Å². The van der Waals surface area contributed by atoms with Gasteiger partial charge in [-0.2, -0.15) is 0 Å². The number of amides is 2. The first kappa shape index (κ1) is 18.5. The number of carbonyl (C=O) groups is 2. The Morgan fingerprint density at radius 3 is 2.70 bits per heavy atom. The molecule has 0 radical (unpaired) electrons. The molecule has 3 N–H and O–H groups in total. The minimum atomic E-state index is -0.590. The van der Waals surface area contributed by atoms with Crippen LogP contribution in [0.25, 0.3) is 6.08 Å². The first-order chi connectivity index (χ1) is 13.0. The number of hydrogen-bond acceptors (Lipinski definition) is 6. The van der Waals surface area contributed by atoms with Gasteiger partial charge in [-0.25, -0.2) is 4.99 Å². The van der Waals surface area contributed by atoms with Crippen molar-refractivity contribution in [3.63, 3.8) is 0 Å². The number of para-hydroxylation sites is 1. The number of primary amides is 1. The summed E-state index contributed by atoms with van der Waals surface area (Å²) in [6, 6.07) is 14.5. The van der Waals surface area contributed by atoms with Gasteiger partial charge >= 0.3 is 0 Å². The molecule has 2 amide bonds. The Balaban J connectivity index is 1.81. The van der Waals surface area contributed by atoms with Crippen molar-refractivity contribution in [1.29, 1.82) is 0 Å². The Labute approximate surface area is 160 Å². The number of methoxy groups -OCH3 is 1. The standard InChI is InChI=1S/C19H17N3O4S/c1-25-14-8-7-12(9-15(14)26-11-17(20)23)10-16-18(24)22-19(27-16)21-13-5-3-2-4-6-13/h2-10H,11H2,1H3,(H2,20,23)(H,21,22,24)/b16-10-. The van der Waals surface area contributed by atoms with E-state index in [1.54, 1.807) is 24.3 Å². The molecular weight excluding hydrogens is 366 g/mol. The molecule has 3 rings (SSSR count). The lowest BCUT2D eigenvalue weighted by Crippen LogP contribution is -2.20. The Morgan fingerprint density at radius 1 is 1.22 bits per heavy atom. The van der Waals surface area contributed by atoms with Gasteiger partial charge in [0.2, 0.25) is 0 Å². The Morgan fingerprint density at radius 2 is 2.00 bits per heavy atom. The van der Waals surface area contributed by atoms with Crippen LogP contribution in [0.3, 0.4) is 0 Å². The fraction of sp³-hybridized carbons (Fsp3) is 0.105. The first-order valence-electron chi connectivity index (χ1n) is 7.99. The number of rotatable bonds is 6. The summed E-state index contributed by atoms with van der Waals surface area (Å²) in [4.78, 5) is 28.0. The Kier molecular flexibility index (Phi) is 5.77. The van der Waals surface area contributed by atoms with Crippen LogP contribution in [-0.4, -0.2) is 30.7 Å². The summed E-state index contributed by atoms with van der Waals surface area (Å²) >= 11 is 1.25. The maximum atomic E-state index is 12.2. The van der Waals surface area contributed by atoms with Crippen molar-refractivity contribution in [2.45, 2.75) is 0 Å². The number of ether oxygens (including phenoxy) is 2. The quantitative estimate of drug-likeness (QED) is 0.746. The lowest BCUT2D eigenvalue weighted by Gasteiger charge is -2.10. The highest BCUT2D eigenvalue weighted by atomic mass is 32.2. The van der Waals surface area contributed by atoms with E-state index in [1.165, 1.54) is 18.9 Å². The highest BCUT2D eigenvalue weighted by Gasteiger charge is 2.24. The van der Waals surface area contributed by atoms with Gasteiger partial charge in [-0.15, -0.1) is 0 Å². The molecule has 1 fully saturated rings. The van der Waals surface area contributed by atoms with E-state index >= 15 is 0 Å². The van der Waals surface area contributed by atoms with Crippen LogP contribution in [0.4, 0.5) is 5.69 Å². The van der Waals surface area contributed by atoms with Crippen LogP contribution < -0.4 is 20.5 Å². The van der Waals surface area contributed by atoms with Gasteiger partial charge in [0.25, 0.3) is 11.8 Å². The molecule has 0 atom stereocenters. The van der Waals surface area contributed by atoms with Crippen LogP contribution in [0.5, 0.6) is 11.5 Å². The number of carbonyl (C=O) groups excluding carboxylic acids is 2. The van der Waals surface area contributed by atoms with Crippen LogP contribution in [0.2, 0.25) is 0 Å². The number of thioether (sulfide) groups is 1. The fourth-order valence-corrected chi connectivity index (χ4v) is 3.14. The lowest BCUT2D eigenvalue weighted by molar-refractivity contribution is -0.120. The monoisotopic (exact) mass is 383 g/mol. The summed E-state index contributed by atoms with van der Waals surface area (Å²) in [7, 11) is 1.50. The van der Waals surface area contributed by atoms with Gasteiger partial charge in [0.05, 0.1) is 17.7 Å². The smallest absolute Gasteiger partial charge is 0.264 e. The second kappa shape index (κ2) is 8.41. The van der Waals surface area contributed by atoms with Crippen molar-refractivity contribution in [1.82, 2.24) is 5.32 Å². The molecule has 1 heterocycles. The highest BCUT2D eigenvalue weighted by Crippen LogP contribution is 2.32. The van der Waals surface area contributed by atoms with Crippen LogP contribution in [0, 0.1) is 0 Å². The van der Waals surface area contributed by atoms with Gasteiger partial charge in [-0.05, 0) is 47.7 Å². The number of amidine groups is 1. The number of hydrogen-bond donors (Lipinski definition) is 2. The van der Waals surface area contributed by atoms with E-state index in [1.807, 2.05) is 30.3 Å². The molecule has 0 saturated carbocycles. The summed E-state index contributed by atoms with van der Waals surface area (Å²) < 4.78 is 10.6. The normalized spacial score (nSPS) is 16.4. The molecule has 1 aliphatic rings. The van der Waals surface area contributed by atoms with Gasteiger partial charge in [0.15, 0.2) is 23.3 Å². The largest absolute Gasteiger partial charge is 0.493 e. The van der Waals surface area contributed by atoms with Crippen molar-refractivity contribution < 1.29 is 19.1 Å². The SMILES string of the molecule is COc1ccc(/C=C2\SC(=Nc3ccccc3)NC2=O)cc1OCC(N)=O. The molecule has 0 unspecified atom stereocenters. The number of nitrogens with zero attached hydrogens (tertiary/aromatic N) is 1. The molecule has 0 bridgehead atoms. The summed E-state index contributed by atoms with van der Waals surface area (Å²) in [6.45, 7) is -0.264. The van der Waals surface area contributed by atoms with Crippen LogP contribution in [0.15, 0.2) is 58.4 Å². The maximum absolute atomic E-state index is 12.2. The Hall–Kier alpha value is -3.26. The second-order valence-corrected chi connectivity index (χ2v) is 6.51. The molecule has 7 nitrogen and oxygen atoms in total. The van der Waals surface area contributed by atoms with Crippen molar-refractivity contribution in [2.75, 3.05) is 13.7 Å². The topological polar surface area (TPSA) is 103 Å². The zero-order valence-corrected chi connectivity index (χ0v) is 15.3. The molecule has 2 aromatic rings. The summed E-state index contributed by atoms with van der Waals surface area (Å²) in [5.41, 5.74) is 6.59. The number of nitrogens with one attached hydrogen (secondary N) is 1. The third-order valence-electron chi connectivity index (χ3n) is 3.49. The molecule has 1 saturated heterocycles. The zero-order valence-electron chi connectivity index (χ0n) is 14.5. The third kappa shape index (κ3) is 4.89. The maximum Gasteiger partial charge on any atom is 0.264 e. The number of nitrogens with two attached hydrogens (primary N) is 1. The highest BCUT2D eigenvalue weighted by molar-refractivity contribution is 8.18. The second-order valence-electron chi connectivity index (χ2n) is 5.48. The zero-order chi connectivity index (χ0) is 19.2. The molecule has 0 aromatic heterocycles. The molecule has 8 heteroatoms. The molecule has 27 heavy (non-hydrogen) atoms. The van der Waals surface area contributed by atoms with Crippen LogP contribution >= 0.6 is 11.8 Å². The van der Waals surface area contributed by atoms with E-state index in [-0.39, 0.29) is 12.5 Å². The van der Waals surface area contributed by atoms with Crippen molar-refractivity contribution in [3.8, 4) is 11.5 Å². The van der Waals surface area contributed by atoms with Gasteiger partial charge < -0.3 is 20.5 Å². The summed E-state index contributed by atoms with van der Waals surface area (Å²) in [5.74, 6) is 0.0129. The molecule has 2 aromatic carbocycles. The van der Waals surface area contributed by atoms with Gasteiger partial charge in [-0.1, -0.05) is 24.3 Å². The van der Waals surface area contributed by atoms with E-state index in [4.69, 9.17) is 15.2 Å². The van der Waals surface area contributed by atoms with Crippen molar-refractivity contribution in [2.24, 2.45) is 10.7 Å². The van der Waals surface area contributed by atoms with Gasteiger partial charge in [-0.3, -0.25) is 9.59 Å². The molecule has 138 valence electrons. The van der Waals surface area contributed by atoms with E-state index in [0.717, 1.165) is 5.69 Å². The lowest BCUT2D eigenvalue weighted by atomic mass is 10.2. The number of benzene rings is 2.